The average Bonchev–Trinajstić information content (AvgIpc) is 2.96. The first kappa shape index (κ1) is 17.1. The lowest BCUT2D eigenvalue weighted by atomic mass is 10.1. The van der Waals surface area contributed by atoms with Crippen molar-refractivity contribution < 1.29 is 19.1 Å². The second-order valence-corrected chi connectivity index (χ2v) is 6.54. The van der Waals surface area contributed by atoms with Crippen LogP contribution in [0.2, 0.25) is 0 Å². The SMILES string of the molecule is COc1ccc(NC(=O)N2CCCC2C(=O)OC(C)(C)C)cc1. The molecule has 1 aliphatic rings. The summed E-state index contributed by atoms with van der Waals surface area (Å²) in [7, 11) is 1.59. The molecule has 0 aliphatic carbocycles. The second-order valence-electron chi connectivity index (χ2n) is 6.54. The smallest absolute Gasteiger partial charge is 0.329 e. The van der Waals surface area contributed by atoms with Gasteiger partial charge in [-0.1, -0.05) is 0 Å². The zero-order valence-corrected chi connectivity index (χ0v) is 14.1. The molecule has 1 fully saturated rings. The normalized spacial score (nSPS) is 17.7. The molecule has 0 aromatic heterocycles. The number of rotatable bonds is 3. The topological polar surface area (TPSA) is 67.9 Å². The molecule has 1 aliphatic heterocycles. The lowest BCUT2D eigenvalue weighted by Crippen LogP contribution is -2.45. The summed E-state index contributed by atoms with van der Waals surface area (Å²) < 4.78 is 10.5. The third-order valence-corrected chi connectivity index (χ3v) is 3.53. The fourth-order valence-electron chi connectivity index (χ4n) is 2.49. The van der Waals surface area contributed by atoms with Gasteiger partial charge in [-0.25, -0.2) is 9.59 Å². The third-order valence-electron chi connectivity index (χ3n) is 3.53. The molecule has 1 unspecified atom stereocenters. The van der Waals surface area contributed by atoms with Gasteiger partial charge in [0.25, 0.3) is 0 Å². The highest BCUT2D eigenvalue weighted by atomic mass is 16.6. The van der Waals surface area contributed by atoms with Gasteiger partial charge in [-0.05, 0) is 57.9 Å². The molecule has 126 valence electrons. The van der Waals surface area contributed by atoms with Crippen LogP contribution in [0.3, 0.4) is 0 Å². The van der Waals surface area contributed by atoms with Gasteiger partial charge >= 0.3 is 12.0 Å². The summed E-state index contributed by atoms with van der Waals surface area (Å²) in [4.78, 5) is 26.2. The number of nitrogens with zero attached hydrogens (tertiary/aromatic N) is 1. The summed E-state index contributed by atoms with van der Waals surface area (Å²) >= 11 is 0. The van der Waals surface area contributed by atoms with Crippen LogP contribution >= 0.6 is 0 Å². The van der Waals surface area contributed by atoms with Crippen LogP contribution in [-0.2, 0) is 9.53 Å². The number of carbonyl (C=O) groups excluding carboxylic acids is 2. The molecule has 6 heteroatoms. The van der Waals surface area contributed by atoms with Gasteiger partial charge in [-0.15, -0.1) is 0 Å². The number of hydrogen-bond acceptors (Lipinski definition) is 4. The number of urea groups is 1. The van der Waals surface area contributed by atoms with E-state index in [1.54, 1.807) is 31.4 Å². The molecule has 1 aromatic rings. The third kappa shape index (κ3) is 4.61. The molecule has 2 rings (SSSR count). The summed E-state index contributed by atoms with van der Waals surface area (Å²) in [5.74, 6) is 0.371. The highest BCUT2D eigenvalue weighted by molar-refractivity contribution is 5.93. The van der Waals surface area contributed by atoms with Crippen LogP contribution in [-0.4, -0.2) is 42.2 Å². The maximum Gasteiger partial charge on any atom is 0.329 e. The number of ether oxygens (including phenoxy) is 2. The molecule has 1 aromatic carbocycles. The zero-order chi connectivity index (χ0) is 17.0. The first-order valence-corrected chi connectivity index (χ1v) is 7.75. The van der Waals surface area contributed by atoms with Crippen LogP contribution in [0.15, 0.2) is 24.3 Å². The minimum absolute atomic E-state index is 0.288. The van der Waals surface area contributed by atoms with Gasteiger partial charge in [0.15, 0.2) is 0 Å². The highest BCUT2D eigenvalue weighted by Crippen LogP contribution is 2.23. The number of anilines is 1. The van der Waals surface area contributed by atoms with E-state index in [2.05, 4.69) is 5.32 Å². The van der Waals surface area contributed by atoms with Crippen LogP contribution in [0.5, 0.6) is 5.75 Å². The van der Waals surface area contributed by atoms with Gasteiger partial charge in [-0.2, -0.15) is 0 Å². The molecule has 0 spiro atoms. The Kier molecular flexibility index (Phi) is 5.13. The van der Waals surface area contributed by atoms with Crippen molar-refractivity contribution in [3.63, 3.8) is 0 Å². The van der Waals surface area contributed by atoms with Crippen molar-refractivity contribution in [2.75, 3.05) is 19.0 Å². The molecule has 2 amide bonds. The van der Waals surface area contributed by atoms with Gasteiger partial charge in [-0.3, -0.25) is 0 Å². The molecule has 23 heavy (non-hydrogen) atoms. The fourth-order valence-corrected chi connectivity index (χ4v) is 2.49. The van der Waals surface area contributed by atoms with Crippen LogP contribution in [0.4, 0.5) is 10.5 Å². The Labute approximate surface area is 136 Å². The molecule has 1 saturated heterocycles. The number of carbonyl (C=O) groups is 2. The van der Waals surface area contributed by atoms with Crippen molar-refractivity contribution in [2.45, 2.75) is 45.3 Å². The molecule has 1 N–H and O–H groups in total. The number of amides is 2. The van der Waals surface area contributed by atoms with E-state index in [9.17, 15) is 9.59 Å². The van der Waals surface area contributed by atoms with Crippen molar-refractivity contribution in [1.29, 1.82) is 0 Å². The number of benzene rings is 1. The second kappa shape index (κ2) is 6.89. The van der Waals surface area contributed by atoms with Crippen molar-refractivity contribution in [3.8, 4) is 5.75 Å². The Balaban J connectivity index is 2.00. The van der Waals surface area contributed by atoms with Crippen LogP contribution in [0.25, 0.3) is 0 Å². The van der Waals surface area contributed by atoms with Crippen molar-refractivity contribution in [3.05, 3.63) is 24.3 Å². The molecule has 0 radical (unpaired) electrons. The van der Waals surface area contributed by atoms with Gasteiger partial charge in [0, 0.05) is 12.2 Å². The van der Waals surface area contributed by atoms with Crippen LogP contribution in [0, 0.1) is 0 Å². The number of hydrogen-bond donors (Lipinski definition) is 1. The van der Waals surface area contributed by atoms with E-state index in [1.807, 2.05) is 20.8 Å². The van der Waals surface area contributed by atoms with E-state index in [1.165, 1.54) is 4.90 Å². The molecule has 0 saturated carbocycles. The van der Waals surface area contributed by atoms with Crippen molar-refractivity contribution in [1.82, 2.24) is 4.90 Å². The number of nitrogens with one attached hydrogen (secondary N) is 1. The van der Waals surface area contributed by atoms with Gasteiger partial charge in [0.2, 0.25) is 0 Å². The van der Waals surface area contributed by atoms with Crippen molar-refractivity contribution >= 4 is 17.7 Å². The van der Waals surface area contributed by atoms with Gasteiger partial charge in [0.05, 0.1) is 7.11 Å². The van der Waals surface area contributed by atoms with E-state index in [0.29, 0.717) is 18.7 Å². The molecule has 6 nitrogen and oxygen atoms in total. The number of esters is 1. The summed E-state index contributed by atoms with van der Waals surface area (Å²) in [5, 5.41) is 2.81. The standard InChI is InChI=1S/C17H24N2O4/c1-17(2,3)23-15(20)14-6-5-11-19(14)16(21)18-12-7-9-13(22-4)10-8-12/h7-10,14H,5-6,11H2,1-4H3,(H,18,21). The Morgan fingerprint density at radius 3 is 2.43 bits per heavy atom. The van der Waals surface area contributed by atoms with E-state index >= 15 is 0 Å². The summed E-state index contributed by atoms with van der Waals surface area (Å²) in [6.45, 7) is 6.01. The Morgan fingerprint density at radius 2 is 1.87 bits per heavy atom. The Bertz CT molecular complexity index is 563. The Morgan fingerprint density at radius 1 is 1.22 bits per heavy atom. The first-order chi connectivity index (χ1) is 10.8. The van der Waals surface area contributed by atoms with Crippen molar-refractivity contribution in [2.24, 2.45) is 0 Å². The van der Waals surface area contributed by atoms with E-state index in [4.69, 9.17) is 9.47 Å². The molecular formula is C17H24N2O4. The average molecular weight is 320 g/mol. The predicted octanol–water partition coefficient (Wildman–Crippen LogP) is 3.03. The highest BCUT2D eigenvalue weighted by Gasteiger charge is 2.36. The molecule has 0 bridgehead atoms. The largest absolute Gasteiger partial charge is 0.497 e. The summed E-state index contributed by atoms with van der Waals surface area (Å²) in [5.41, 5.74) is 0.100. The number of methoxy groups -OCH3 is 1. The predicted molar refractivity (Wildman–Crippen MR) is 87.6 cm³/mol. The lowest BCUT2D eigenvalue weighted by molar-refractivity contribution is -0.159. The number of likely N-dealkylation sites (tertiary alicyclic amines) is 1. The summed E-state index contributed by atoms with van der Waals surface area (Å²) in [6, 6.07) is 6.25. The van der Waals surface area contributed by atoms with Gasteiger partial charge in [0.1, 0.15) is 17.4 Å². The first-order valence-electron chi connectivity index (χ1n) is 7.75. The monoisotopic (exact) mass is 320 g/mol. The quantitative estimate of drug-likeness (QED) is 0.869. The molecule has 1 atom stereocenters. The minimum Gasteiger partial charge on any atom is -0.497 e. The zero-order valence-electron chi connectivity index (χ0n) is 14.1. The van der Waals surface area contributed by atoms with E-state index in [-0.39, 0.29) is 12.0 Å². The van der Waals surface area contributed by atoms with E-state index < -0.39 is 11.6 Å². The van der Waals surface area contributed by atoms with Crippen LogP contribution in [0.1, 0.15) is 33.6 Å². The Hall–Kier alpha value is -2.24. The lowest BCUT2D eigenvalue weighted by Gasteiger charge is -2.27. The molecular weight excluding hydrogens is 296 g/mol. The van der Waals surface area contributed by atoms with E-state index in [0.717, 1.165) is 12.2 Å². The minimum atomic E-state index is -0.558. The maximum atomic E-state index is 12.4. The molecule has 1 heterocycles. The van der Waals surface area contributed by atoms with Crippen LogP contribution < -0.4 is 10.1 Å². The van der Waals surface area contributed by atoms with Gasteiger partial charge < -0.3 is 19.7 Å². The maximum absolute atomic E-state index is 12.4. The fraction of sp³-hybridized carbons (Fsp3) is 0.529. The summed E-state index contributed by atoms with van der Waals surface area (Å²) in [6.07, 6.45) is 1.42.